The molecule has 0 rings (SSSR count). The molecule has 0 fully saturated rings. The summed E-state index contributed by atoms with van der Waals surface area (Å²) in [6.07, 6.45) is 3.55. The van der Waals surface area contributed by atoms with Crippen LogP contribution in [0.5, 0.6) is 0 Å². The van der Waals surface area contributed by atoms with Gasteiger partial charge in [-0.1, -0.05) is 26.7 Å². The van der Waals surface area contributed by atoms with Crippen molar-refractivity contribution in [3.05, 3.63) is 10.1 Å². The summed E-state index contributed by atoms with van der Waals surface area (Å²) < 4.78 is 5.50. The Kier molecular flexibility index (Phi) is 8.28. The molecule has 0 saturated heterocycles. The molecular formula is C12H23NO5. The van der Waals surface area contributed by atoms with Crippen molar-refractivity contribution in [2.45, 2.75) is 58.0 Å². The Bertz CT molecular complexity index is 269. The van der Waals surface area contributed by atoms with E-state index in [1.165, 1.54) is 0 Å². The molecule has 0 saturated carbocycles. The highest BCUT2D eigenvalue weighted by molar-refractivity contribution is 5.77. The van der Waals surface area contributed by atoms with Gasteiger partial charge in [0.15, 0.2) is 5.60 Å². The van der Waals surface area contributed by atoms with Crippen molar-refractivity contribution in [3.8, 4) is 0 Å². The minimum atomic E-state index is -1.12. The molecule has 0 amide bonds. The minimum Gasteiger partial charge on any atom is -0.479 e. The molecule has 6 heteroatoms. The molecular weight excluding hydrogens is 238 g/mol. The first-order valence-corrected chi connectivity index (χ1v) is 6.47. The van der Waals surface area contributed by atoms with Gasteiger partial charge in [-0.3, -0.25) is 10.1 Å². The molecule has 0 aliphatic carbocycles. The van der Waals surface area contributed by atoms with Gasteiger partial charge in [0.2, 0.25) is 6.54 Å². The number of hydrogen-bond acceptors (Lipinski definition) is 4. The monoisotopic (exact) mass is 261 g/mol. The standard InChI is InChI=1S/C12H23NO5/c1-3-5-8-12(4-2,11(14)15)18-10-7-6-9-13(16)17/h3-10H2,1-2H3,(H,14,15). The van der Waals surface area contributed by atoms with Gasteiger partial charge in [0, 0.05) is 18.0 Å². The van der Waals surface area contributed by atoms with Crippen molar-refractivity contribution in [1.29, 1.82) is 0 Å². The molecule has 18 heavy (non-hydrogen) atoms. The molecule has 0 bridgehead atoms. The lowest BCUT2D eigenvalue weighted by Crippen LogP contribution is -2.41. The topological polar surface area (TPSA) is 89.7 Å². The lowest BCUT2D eigenvalue weighted by molar-refractivity contribution is -0.480. The summed E-state index contributed by atoms with van der Waals surface area (Å²) in [6.45, 7) is 3.96. The van der Waals surface area contributed by atoms with Crippen LogP contribution in [0.3, 0.4) is 0 Å². The van der Waals surface area contributed by atoms with Gasteiger partial charge in [-0.25, -0.2) is 4.79 Å². The van der Waals surface area contributed by atoms with Gasteiger partial charge < -0.3 is 9.84 Å². The van der Waals surface area contributed by atoms with Crippen molar-refractivity contribution < 1.29 is 19.6 Å². The molecule has 0 aliphatic heterocycles. The van der Waals surface area contributed by atoms with Gasteiger partial charge in [0.25, 0.3) is 0 Å². The summed E-state index contributed by atoms with van der Waals surface area (Å²) in [5, 5.41) is 19.4. The normalized spacial score (nSPS) is 14.1. The number of hydrogen-bond donors (Lipinski definition) is 1. The van der Waals surface area contributed by atoms with Crippen LogP contribution >= 0.6 is 0 Å². The number of nitrogens with zero attached hydrogens (tertiary/aromatic N) is 1. The lowest BCUT2D eigenvalue weighted by atomic mass is 9.93. The van der Waals surface area contributed by atoms with Crippen LogP contribution < -0.4 is 0 Å². The molecule has 106 valence electrons. The molecule has 0 aromatic heterocycles. The van der Waals surface area contributed by atoms with Crippen LogP contribution in [-0.2, 0) is 9.53 Å². The third-order valence-corrected chi connectivity index (χ3v) is 3.01. The van der Waals surface area contributed by atoms with Gasteiger partial charge in [-0.05, 0) is 19.3 Å². The van der Waals surface area contributed by atoms with Crippen molar-refractivity contribution in [2.75, 3.05) is 13.2 Å². The van der Waals surface area contributed by atoms with Crippen LogP contribution in [0.25, 0.3) is 0 Å². The van der Waals surface area contributed by atoms with Crippen molar-refractivity contribution in [3.63, 3.8) is 0 Å². The van der Waals surface area contributed by atoms with Gasteiger partial charge in [-0.2, -0.15) is 0 Å². The third kappa shape index (κ3) is 5.95. The molecule has 0 aromatic carbocycles. The van der Waals surface area contributed by atoms with E-state index in [1.54, 1.807) is 6.92 Å². The number of carboxylic acid groups (broad SMARTS) is 1. The fourth-order valence-corrected chi connectivity index (χ4v) is 1.74. The number of carboxylic acids is 1. The lowest BCUT2D eigenvalue weighted by Gasteiger charge is -2.28. The Morgan fingerprint density at radius 3 is 2.44 bits per heavy atom. The van der Waals surface area contributed by atoms with E-state index in [-0.39, 0.29) is 18.1 Å². The summed E-state index contributed by atoms with van der Waals surface area (Å²) in [5.41, 5.74) is -1.12. The predicted octanol–water partition coefficient (Wildman–Crippen LogP) is 2.48. The third-order valence-electron chi connectivity index (χ3n) is 3.01. The summed E-state index contributed by atoms with van der Waals surface area (Å²) in [6, 6.07) is 0. The van der Waals surface area contributed by atoms with E-state index in [0.29, 0.717) is 25.7 Å². The first-order valence-electron chi connectivity index (χ1n) is 6.47. The van der Waals surface area contributed by atoms with Gasteiger partial charge in [-0.15, -0.1) is 0 Å². The molecule has 1 N–H and O–H groups in total. The number of aliphatic carboxylic acids is 1. The molecule has 0 aliphatic rings. The van der Waals surface area contributed by atoms with Crippen LogP contribution in [0, 0.1) is 10.1 Å². The largest absolute Gasteiger partial charge is 0.479 e. The van der Waals surface area contributed by atoms with Gasteiger partial charge in [0.1, 0.15) is 0 Å². The molecule has 1 unspecified atom stereocenters. The smallest absolute Gasteiger partial charge is 0.335 e. The second-order valence-electron chi connectivity index (χ2n) is 4.37. The summed E-state index contributed by atoms with van der Waals surface area (Å²) in [5.74, 6) is -0.937. The van der Waals surface area contributed by atoms with Gasteiger partial charge >= 0.3 is 5.97 Å². The molecule has 0 radical (unpaired) electrons. The van der Waals surface area contributed by atoms with E-state index in [0.717, 1.165) is 12.8 Å². The second kappa shape index (κ2) is 8.85. The first-order chi connectivity index (χ1) is 8.48. The van der Waals surface area contributed by atoms with Crippen LogP contribution in [0.1, 0.15) is 52.4 Å². The summed E-state index contributed by atoms with van der Waals surface area (Å²) >= 11 is 0. The van der Waals surface area contributed by atoms with E-state index in [2.05, 4.69) is 0 Å². The Hall–Kier alpha value is -1.17. The van der Waals surface area contributed by atoms with E-state index in [1.807, 2.05) is 6.92 Å². The number of rotatable bonds is 11. The highest BCUT2D eigenvalue weighted by atomic mass is 16.6. The van der Waals surface area contributed by atoms with Crippen molar-refractivity contribution in [1.82, 2.24) is 0 Å². The Morgan fingerprint density at radius 1 is 1.33 bits per heavy atom. The second-order valence-corrected chi connectivity index (χ2v) is 4.37. The zero-order valence-electron chi connectivity index (χ0n) is 11.2. The summed E-state index contributed by atoms with van der Waals surface area (Å²) in [4.78, 5) is 21.1. The first kappa shape index (κ1) is 16.8. The average molecular weight is 261 g/mol. The Morgan fingerprint density at radius 2 is 2.00 bits per heavy atom. The molecule has 1 atom stereocenters. The van der Waals surface area contributed by atoms with Crippen LogP contribution in [-0.4, -0.2) is 34.8 Å². The zero-order chi connectivity index (χ0) is 14.0. The minimum absolute atomic E-state index is 0.0927. The Balaban J connectivity index is 4.15. The average Bonchev–Trinajstić information content (AvgIpc) is 2.32. The van der Waals surface area contributed by atoms with E-state index in [9.17, 15) is 20.0 Å². The van der Waals surface area contributed by atoms with E-state index < -0.39 is 11.6 Å². The molecule has 0 heterocycles. The van der Waals surface area contributed by atoms with Crippen molar-refractivity contribution >= 4 is 5.97 Å². The summed E-state index contributed by atoms with van der Waals surface area (Å²) in [7, 11) is 0. The fourth-order valence-electron chi connectivity index (χ4n) is 1.74. The highest BCUT2D eigenvalue weighted by Gasteiger charge is 2.36. The van der Waals surface area contributed by atoms with Crippen molar-refractivity contribution in [2.24, 2.45) is 0 Å². The maximum atomic E-state index is 11.3. The van der Waals surface area contributed by atoms with E-state index >= 15 is 0 Å². The predicted molar refractivity (Wildman–Crippen MR) is 67.2 cm³/mol. The molecule has 0 aromatic rings. The number of carbonyl (C=O) groups is 1. The van der Waals surface area contributed by atoms with Crippen LogP contribution in [0.15, 0.2) is 0 Å². The molecule has 0 spiro atoms. The Labute approximate surface area is 107 Å². The fraction of sp³-hybridized carbons (Fsp3) is 0.917. The maximum Gasteiger partial charge on any atom is 0.335 e. The maximum absolute atomic E-state index is 11.3. The van der Waals surface area contributed by atoms with Crippen LogP contribution in [0.2, 0.25) is 0 Å². The number of nitro groups is 1. The zero-order valence-corrected chi connectivity index (χ0v) is 11.2. The van der Waals surface area contributed by atoms with E-state index in [4.69, 9.17) is 4.74 Å². The molecule has 6 nitrogen and oxygen atoms in total. The van der Waals surface area contributed by atoms with Crippen LogP contribution in [0.4, 0.5) is 0 Å². The van der Waals surface area contributed by atoms with Gasteiger partial charge in [0.05, 0.1) is 0 Å². The quantitative estimate of drug-likeness (QED) is 0.350. The highest BCUT2D eigenvalue weighted by Crippen LogP contribution is 2.24. The number of unbranched alkanes of at least 4 members (excludes halogenated alkanes) is 2. The SMILES string of the molecule is CCCCC(CC)(OCCCC[N+](=O)[O-])C(=O)O. The number of ether oxygens (including phenoxy) is 1.